The van der Waals surface area contributed by atoms with Crippen molar-refractivity contribution in [2.45, 2.75) is 6.54 Å². The molecule has 0 radical (unpaired) electrons. The number of hydrogen-bond donors (Lipinski definition) is 3. The van der Waals surface area contributed by atoms with E-state index < -0.39 is 11.7 Å². The zero-order valence-corrected chi connectivity index (χ0v) is 14.5. The number of aromatic amines is 1. The quantitative estimate of drug-likeness (QED) is 0.634. The molecule has 1 heterocycles. The molecule has 0 aliphatic heterocycles. The molecule has 3 N–H and O–H groups in total. The Bertz CT molecular complexity index is 891. The second kappa shape index (κ2) is 7.64. The van der Waals surface area contributed by atoms with E-state index in [1.165, 1.54) is 6.07 Å². The van der Waals surface area contributed by atoms with Crippen molar-refractivity contribution in [2.24, 2.45) is 0 Å². The van der Waals surface area contributed by atoms with E-state index in [-0.39, 0.29) is 17.2 Å². The summed E-state index contributed by atoms with van der Waals surface area (Å²) in [5.41, 5.74) is 2.32. The Hall–Kier alpha value is -3.42. The number of carbonyl (C=O) groups is 1. The van der Waals surface area contributed by atoms with E-state index in [9.17, 15) is 9.18 Å². The van der Waals surface area contributed by atoms with Gasteiger partial charge in [-0.2, -0.15) is 5.21 Å². The topological polar surface area (TPSA) is 85.9 Å². The number of nitrogens with zero attached hydrogens (tertiary/aromatic N) is 3. The predicted octanol–water partition coefficient (Wildman–Crippen LogP) is 2.68. The van der Waals surface area contributed by atoms with Crippen LogP contribution in [0.2, 0.25) is 0 Å². The molecule has 8 heteroatoms. The molecule has 0 saturated heterocycles. The fourth-order valence-electron chi connectivity index (χ4n) is 2.34. The molecule has 26 heavy (non-hydrogen) atoms. The molecule has 2 aromatic carbocycles. The number of H-pyrrole nitrogens is 1. The Labute approximate surface area is 150 Å². The van der Waals surface area contributed by atoms with E-state index in [2.05, 4.69) is 26.0 Å². The summed E-state index contributed by atoms with van der Waals surface area (Å²) in [7, 11) is 3.93. The SMILES string of the molecule is CN(C)c1ccc(CNC(=O)c2n[nH]nc2Nc2ccccc2F)cc1. The van der Waals surface area contributed by atoms with Gasteiger partial charge in [0, 0.05) is 26.3 Å². The van der Waals surface area contributed by atoms with E-state index >= 15 is 0 Å². The third kappa shape index (κ3) is 3.97. The molecule has 0 bridgehead atoms. The number of benzene rings is 2. The van der Waals surface area contributed by atoms with Gasteiger partial charge in [-0.15, -0.1) is 10.2 Å². The standard InChI is InChI=1S/C18H19FN6O/c1-25(2)13-9-7-12(8-10-13)11-20-18(26)16-17(23-24-22-16)21-15-6-4-3-5-14(15)19/h3-10H,11H2,1-2H3,(H,20,26)(H2,21,22,23,24). The summed E-state index contributed by atoms with van der Waals surface area (Å²) in [5.74, 6) is -0.687. The highest BCUT2D eigenvalue weighted by molar-refractivity contribution is 5.97. The van der Waals surface area contributed by atoms with Crippen molar-refractivity contribution >= 4 is 23.1 Å². The molecule has 1 amide bonds. The maximum atomic E-state index is 13.7. The Balaban J connectivity index is 1.65. The van der Waals surface area contributed by atoms with E-state index in [4.69, 9.17) is 0 Å². The number of amides is 1. The third-order valence-corrected chi connectivity index (χ3v) is 3.80. The smallest absolute Gasteiger partial charge is 0.275 e. The molecule has 0 saturated carbocycles. The highest BCUT2D eigenvalue weighted by Gasteiger charge is 2.17. The molecule has 0 aliphatic carbocycles. The van der Waals surface area contributed by atoms with Gasteiger partial charge in [-0.25, -0.2) is 4.39 Å². The average molecular weight is 354 g/mol. The van der Waals surface area contributed by atoms with Crippen LogP contribution in [-0.2, 0) is 6.54 Å². The van der Waals surface area contributed by atoms with Crippen molar-refractivity contribution in [3.63, 3.8) is 0 Å². The van der Waals surface area contributed by atoms with E-state index in [1.54, 1.807) is 18.2 Å². The number of rotatable bonds is 6. The van der Waals surface area contributed by atoms with Crippen molar-refractivity contribution < 1.29 is 9.18 Å². The largest absolute Gasteiger partial charge is 0.378 e. The summed E-state index contributed by atoms with van der Waals surface area (Å²) < 4.78 is 13.7. The van der Waals surface area contributed by atoms with Gasteiger partial charge in [-0.05, 0) is 29.8 Å². The summed E-state index contributed by atoms with van der Waals surface area (Å²) in [6.07, 6.45) is 0. The van der Waals surface area contributed by atoms with Gasteiger partial charge in [0.1, 0.15) is 5.82 Å². The number of carbonyl (C=O) groups excluding carboxylic acids is 1. The second-order valence-electron chi connectivity index (χ2n) is 5.87. The van der Waals surface area contributed by atoms with Crippen LogP contribution in [0, 0.1) is 5.82 Å². The van der Waals surface area contributed by atoms with Crippen LogP contribution in [0.1, 0.15) is 16.1 Å². The van der Waals surface area contributed by atoms with Gasteiger partial charge in [-0.3, -0.25) is 4.79 Å². The van der Waals surface area contributed by atoms with Crippen LogP contribution in [0.15, 0.2) is 48.5 Å². The highest BCUT2D eigenvalue weighted by atomic mass is 19.1. The van der Waals surface area contributed by atoms with Crippen LogP contribution in [-0.4, -0.2) is 35.4 Å². The summed E-state index contributed by atoms with van der Waals surface area (Å²) >= 11 is 0. The van der Waals surface area contributed by atoms with Gasteiger partial charge in [0.25, 0.3) is 5.91 Å². The minimum Gasteiger partial charge on any atom is -0.378 e. The molecule has 0 unspecified atom stereocenters. The number of nitrogens with one attached hydrogen (secondary N) is 3. The predicted molar refractivity (Wildman–Crippen MR) is 98.0 cm³/mol. The highest BCUT2D eigenvalue weighted by Crippen LogP contribution is 2.19. The van der Waals surface area contributed by atoms with Gasteiger partial charge < -0.3 is 15.5 Å². The lowest BCUT2D eigenvalue weighted by Gasteiger charge is -2.12. The molecular formula is C18H19FN6O. The number of hydrogen-bond acceptors (Lipinski definition) is 5. The first-order valence-corrected chi connectivity index (χ1v) is 8.01. The summed E-state index contributed by atoms with van der Waals surface area (Å²) in [6, 6.07) is 14.0. The first-order valence-electron chi connectivity index (χ1n) is 8.01. The molecule has 7 nitrogen and oxygen atoms in total. The summed E-state index contributed by atoms with van der Waals surface area (Å²) in [4.78, 5) is 14.4. The second-order valence-corrected chi connectivity index (χ2v) is 5.87. The number of halogens is 1. The molecule has 0 fully saturated rings. The molecule has 1 aromatic heterocycles. The maximum Gasteiger partial charge on any atom is 0.275 e. The van der Waals surface area contributed by atoms with Crippen molar-refractivity contribution in [1.29, 1.82) is 0 Å². The zero-order valence-electron chi connectivity index (χ0n) is 14.5. The Morgan fingerprint density at radius 2 is 1.85 bits per heavy atom. The van der Waals surface area contributed by atoms with E-state index in [0.29, 0.717) is 6.54 Å². The minimum absolute atomic E-state index is 0.0677. The lowest BCUT2D eigenvalue weighted by molar-refractivity contribution is 0.0946. The molecule has 0 spiro atoms. The fourth-order valence-corrected chi connectivity index (χ4v) is 2.34. The van der Waals surface area contributed by atoms with Crippen LogP contribution in [0.3, 0.4) is 0 Å². The molecule has 3 rings (SSSR count). The Morgan fingerprint density at radius 3 is 2.54 bits per heavy atom. The monoisotopic (exact) mass is 354 g/mol. The Kier molecular flexibility index (Phi) is 5.12. The minimum atomic E-state index is -0.442. The number of aromatic nitrogens is 3. The maximum absolute atomic E-state index is 13.7. The van der Waals surface area contributed by atoms with Gasteiger partial charge in [0.15, 0.2) is 11.5 Å². The van der Waals surface area contributed by atoms with Crippen molar-refractivity contribution in [3.05, 3.63) is 65.6 Å². The Morgan fingerprint density at radius 1 is 1.12 bits per heavy atom. The van der Waals surface area contributed by atoms with Crippen molar-refractivity contribution in [1.82, 2.24) is 20.7 Å². The number of anilines is 3. The summed E-state index contributed by atoms with van der Waals surface area (Å²) in [6.45, 7) is 0.346. The normalized spacial score (nSPS) is 10.4. The van der Waals surface area contributed by atoms with Gasteiger partial charge in [0.2, 0.25) is 0 Å². The van der Waals surface area contributed by atoms with Gasteiger partial charge >= 0.3 is 0 Å². The molecule has 134 valence electrons. The summed E-state index contributed by atoms with van der Waals surface area (Å²) in [5, 5.41) is 15.7. The fraction of sp³-hybridized carbons (Fsp3) is 0.167. The molecular weight excluding hydrogens is 335 g/mol. The van der Waals surface area contributed by atoms with Crippen LogP contribution in [0.5, 0.6) is 0 Å². The molecule has 0 aliphatic rings. The van der Waals surface area contributed by atoms with Crippen molar-refractivity contribution in [2.75, 3.05) is 24.3 Å². The lowest BCUT2D eigenvalue weighted by Crippen LogP contribution is -2.24. The zero-order chi connectivity index (χ0) is 18.5. The van der Waals surface area contributed by atoms with Crippen LogP contribution in [0.4, 0.5) is 21.6 Å². The first-order chi connectivity index (χ1) is 12.5. The van der Waals surface area contributed by atoms with Crippen LogP contribution < -0.4 is 15.5 Å². The van der Waals surface area contributed by atoms with Gasteiger partial charge in [0.05, 0.1) is 5.69 Å². The number of para-hydroxylation sites is 1. The van der Waals surface area contributed by atoms with Crippen molar-refractivity contribution in [3.8, 4) is 0 Å². The lowest BCUT2D eigenvalue weighted by atomic mass is 10.2. The van der Waals surface area contributed by atoms with Gasteiger partial charge in [-0.1, -0.05) is 24.3 Å². The average Bonchev–Trinajstić information content (AvgIpc) is 3.10. The first kappa shape index (κ1) is 17.4. The molecule has 3 aromatic rings. The van der Waals surface area contributed by atoms with Crippen LogP contribution >= 0.6 is 0 Å². The van der Waals surface area contributed by atoms with Crippen LogP contribution in [0.25, 0.3) is 0 Å². The molecule has 0 atom stereocenters. The van der Waals surface area contributed by atoms with E-state index in [0.717, 1.165) is 11.3 Å². The third-order valence-electron chi connectivity index (χ3n) is 3.80. The van der Waals surface area contributed by atoms with E-state index in [1.807, 2.05) is 43.3 Å².